The first-order chi connectivity index (χ1) is 18.4. The molecule has 208 valence electrons. The Balaban J connectivity index is 1.75. The SMILES string of the molecule is CNC(CNC(=O)c1cc(CO)cc(C(OCCNC(=O)OC)c2cccc(Cl)c2)c1)CC1CCCOC1. The molecule has 1 fully saturated rings. The van der Waals surface area contributed by atoms with Crippen molar-refractivity contribution in [1.29, 1.82) is 0 Å². The fourth-order valence-corrected chi connectivity index (χ4v) is 4.76. The van der Waals surface area contributed by atoms with Gasteiger partial charge in [-0.2, -0.15) is 0 Å². The number of aliphatic hydroxyl groups is 1. The van der Waals surface area contributed by atoms with E-state index in [1.54, 1.807) is 30.3 Å². The Bertz CT molecular complexity index is 1050. The molecule has 2 aromatic carbocycles. The largest absolute Gasteiger partial charge is 0.453 e. The fraction of sp³-hybridized carbons (Fsp3) is 0.500. The van der Waals surface area contributed by atoms with Gasteiger partial charge in [0.2, 0.25) is 0 Å². The van der Waals surface area contributed by atoms with E-state index in [-0.39, 0.29) is 31.7 Å². The van der Waals surface area contributed by atoms with Crippen molar-refractivity contribution >= 4 is 23.6 Å². The number of ether oxygens (including phenoxy) is 3. The lowest BCUT2D eigenvalue weighted by atomic mass is 9.94. The lowest BCUT2D eigenvalue weighted by Gasteiger charge is -2.26. The molecule has 1 saturated heterocycles. The summed E-state index contributed by atoms with van der Waals surface area (Å²) in [5.41, 5.74) is 2.47. The van der Waals surface area contributed by atoms with E-state index >= 15 is 0 Å². The number of benzene rings is 2. The molecule has 0 saturated carbocycles. The van der Waals surface area contributed by atoms with Gasteiger partial charge in [-0.15, -0.1) is 0 Å². The van der Waals surface area contributed by atoms with Crippen LogP contribution in [0.3, 0.4) is 0 Å². The zero-order valence-electron chi connectivity index (χ0n) is 22.0. The normalized spacial score (nSPS) is 16.9. The first-order valence-electron chi connectivity index (χ1n) is 12.9. The van der Waals surface area contributed by atoms with Gasteiger partial charge in [-0.3, -0.25) is 4.79 Å². The second kappa shape index (κ2) is 15.7. The van der Waals surface area contributed by atoms with Crippen molar-refractivity contribution in [2.24, 2.45) is 5.92 Å². The van der Waals surface area contributed by atoms with Gasteiger partial charge >= 0.3 is 6.09 Å². The molecule has 0 spiro atoms. The molecule has 3 atom stereocenters. The summed E-state index contributed by atoms with van der Waals surface area (Å²) in [6, 6.07) is 12.6. The minimum atomic E-state index is -0.581. The molecule has 38 heavy (non-hydrogen) atoms. The average Bonchev–Trinajstić information content (AvgIpc) is 2.95. The van der Waals surface area contributed by atoms with E-state index in [1.165, 1.54) is 7.11 Å². The van der Waals surface area contributed by atoms with E-state index < -0.39 is 12.2 Å². The highest BCUT2D eigenvalue weighted by Gasteiger charge is 2.21. The van der Waals surface area contributed by atoms with E-state index in [0.29, 0.717) is 34.2 Å². The van der Waals surface area contributed by atoms with Gasteiger partial charge in [0.1, 0.15) is 6.10 Å². The van der Waals surface area contributed by atoms with Crippen molar-refractivity contribution in [1.82, 2.24) is 16.0 Å². The first kappa shape index (κ1) is 29.9. The molecule has 1 aliphatic heterocycles. The van der Waals surface area contributed by atoms with E-state index in [0.717, 1.165) is 38.0 Å². The van der Waals surface area contributed by atoms with Crippen LogP contribution in [0.5, 0.6) is 0 Å². The number of alkyl carbamates (subject to hydrolysis) is 1. The number of likely N-dealkylation sites (N-methyl/N-ethyl adjacent to an activating group) is 1. The lowest BCUT2D eigenvalue weighted by molar-refractivity contribution is 0.0478. The zero-order chi connectivity index (χ0) is 27.3. The van der Waals surface area contributed by atoms with Crippen LogP contribution >= 0.6 is 11.6 Å². The quantitative estimate of drug-likeness (QED) is 0.284. The summed E-state index contributed by atoms with van der Waals surface area (Å²) < 4.78 is 16.3. The standard InChI is InChI=1S/C28H38ClN3O6/c1-30-25(13-19-5-4-9-37-18-19)16-32-27(34)23-12-20(17-33)11-22(14-23)26(21-6-3-7-24(29)15-21)38-10-8-31-28(35)36-2/h3,6-7,11-12,14-15,19,25-26,30,33H,4-5,8-10,13,16-18H2,1-2H3,(H,31,35)(H,32,34). The number of methoxy groups -OCH3 is 1. The number of carbonyl (C=O) groups is 2. The van der Waals surface area contributed by atoms with Crippen LogP contribution in [-0.2, 0) is 20.8 Å². The second-order valence-corrected chi connectivity index (χ2v) is 9.80. The predicted octanol–water partition coefficient (Wildman–Crippen LogP) is 3.43. The van der Waals surface area contributed by atoms with Gasteiger partial charge in [0, 0.05) is 42.9 Å². The number of amides is 2. The van der Waals surface area contributed by atoms with Gasteiger partial charge in [-0.25, -0.2) is 4.79 Å². The van der Waals surface area contributed by atoms with Gasteiger partial charge in [-0.1, -0.05) is 29.8 Å². The molecule has 3 rings (SSSR count). The van der Waals surface area contributed by atoms with Gasteiger partial charge in [-0.05, 0) is 73.2 Å². The fourth-order valence-electron chi connectivity index (χ4n) is 4.57. The van der Waals surface area contributed by atoms with Crippen molar-refractivity contribution in [2.45, 2.75) is 38.0 Å². The molecule has 0 bridgehead atoms. The summed E-state index contributed by atoms with van der Waals surface area (Å²) in [6.45, 7) is 2.23. The third-order valence-corrected chi connectivity index (χ3v) is 6.78. The van der Waals surface area contributed by atoms with Gasteiger partial charge in [0.25, 0.3) is 5.91 Å². The van der Waals surface area contributed by atoms with Crippen LogP contribution in [0.2, 0.25) is 5.02 Å². The molecule has 3 unspecified atom stereocenters. The van der Waals surface area contributed by atoms with Crippen molar-refractivity contribution in [3.05, 3.63) is 69.7 Å². The minimum Gasteiger partial charge on any atom is -0.453 e. The monoisotopic (exact) mass is 547 g/mol. The molecule has 10 heteroatoms. The Kier molecular flexibility index (Phi) is 12.3. The summed E-state index contributed by atoms with van der Waals surface area (Å²) in [5.74, 6) is 0.241. The Hall–Kier alpha value is -2.69. The van der Waals surface area contributed by atoms with Crippen molar-refractivity contribution in [3.8, 4) is 0 Å². The third-order valence-electron chi connectivity index (χ3n) is 6.55. The highest BCUT2D eigenvalue weighted by molar-refractivity contribution is 6.30. The minimum absolute atomic E-state index is 0.121. The van der Waals surface area contributed by atoms with E-state index in [4.69, 9.17) is 21.1 Å². The van der Waals surface area contributed by atoms with Crippen LogP contribution in [0.25, 0.3) is 0 Å². The van der Waals surface area contributed by atoms with Gasteiger partial charge in [0.05, 0.1) is 20.3 Å². The first-order valence-corrected chi connectivity index (χ1v) is 13.3. The maximum atomic E-state index is 13.2. The van der Waals surface area contributed by atoms with Crippen molar-refractivity contribution < 1.29 is 28.9 Å². The van der Waals surface area contributed by atoms with Crippen LogP contribution in [0, 0.1) is 5.92 Å². The van der Waals surface area contributed by atoms with Crippen LogP contribution in [0.15, 0.2) is 42.5 Å². The molecule has 1 heterocycles. The number of aliphatic hydroxyl groups excluding tert-OH is 1. The topological polar surface area (TPSA) is 118 Å². The maximum Gasteiger partial charge on any atom is 0.406 e. The molecular weight excluding hydrogens is 510 g/mol. The molecule has 9 nitrogen and oxygen atoms in total. The van der Waals surface area contributed by atoms with Gasteiger partial charge < -0.3 is 35.3 Å². The highest BCUT2D eigenvalue weighted by atomic mass is 35.5. The maximum absolute atomic E-state index is 13.2. The number of nitrogens with one attached hydrogen (secondary N) is 3. The third kappa shape index (κ3) is 9.25. The summed E-state index contributed by atoms with van der Waals surface area (Å²) in [7, 11) is 3.19. The molecule has 0 aliphatic carbocycles. The Morgan fingerprint density at radius 3 is 2.71 bits per heavy atom. The van der Waals surface area contributed by atoms with Gasteiger partial charge in [0.15, 0.2) is 0 Å². The van der Waals surface area contributed by atoms with Crippen LogP contribution in [-0.4, -0.2) is 70.2 Å². The average molecular weight is 548 g/mol. The number of halogens is 1. The van der Waals surface area contributed by atoms with Crippen molar-refractivity contribution in [3.63, 3.8) is 0 Å². The number of rotatable bonds is 13. The molecule has 0 radical (unpaired) electrons. The molecule has 2 amide bonds. The van der Waals surface area contributed by atoms with Crippen LogP contribution in [0.1, 0.15) is 52.4 Å². The molecule has 0 aromatic heterocycles. The Morgan fingerprint density at radius 1 is 1.18 bits per heavy atom. The molecule has 2 aromatic rings. The molecule has 1 aliphatic rings. The molecular formula is C28H38ClN3O6. The zero-order valence-corrected chi connectivity index (χ0v) is 22.8. The highest BCUT2D eigenvalue weighted by Crippen LogP contribution is 2.29. The summed E-state index contributed by atoms with van der Waals surface area (Å²) in [4.78, 5) is 24.6. The smallest absolute Gasteiger partial charge is 0.406 e. The van der Waals surface area contributed by atoms with E-state index in [2.05, 4.69) is 20.7 Å². The van der Waals surface area contributed by atoms with E-state index in [9.17, 15) is 14.7 Å². The summed E-state index contributed by atoms with van der Waals surface area (Å²) in [6.07, 6.45) is 1.99. The van der Waals surface area contributed by atoms with Crippen LogP contribution in [0.4, 0.5) is 4.79 Å². The Labute approximate surface area is 229 Å². The van der Waals surface area contributed by atoms with Crippen molar-refractivity contribution in [2.75, 3.05) is 47.1 Å². The number of hydrogen-bond acceptors (Lipinski definition) is 7. The number of carbonyl (C=O) groups excluding carboxylic acids is 2. The Morgan fingerprint density at radius 2 is 2.03 bits per heavy atom. The summed E-state index contributed by atoms with van der Waals surface area (Å²) in [5, 5.41) is 19.4. The summed E-state index contributed by atoms with van der Waals surface area (Å²) >= 11 is 6.25. The predicted molar refractivity (Wildman–Crippen MR) is 145 cm³/mol. The second-order valence-electron chi connectivity index (χ2n) is 9.36. The lowest BCUT2D eigenvalue weighted by Crippen LogP contribution is -2.41. The molecule has 4 N–H and O–H groups in total. The van der Waals surface area contributed by atoms with E-state index in [1.807, 2.05) is 19.2 Å². The van der Waals surface area contributed by atoms with Crippen LogP contribution < -0.4 is 16.0 Å². The number of hydrogen-bond donors (Lipinski definition) is 4.